The predicted octanol–water partition coefficient (Wildman–Crippen LogP) is 3.93. The van der Waals surface area contributed by atoms with E-state index < -0.39 is 0 Å². The van der Waals surface area contributed by atoms with Gasteiger partial charge in [0.2, 0.25) is 0 Å². The largest absolute Gasteiger partial charge is 0.471 e. The molecule has 0 aliphatic heterocycles. The Labute approximate surface area is 179 Å². The highest BCUT2D eigenvalue weighted by Gasteiger charge is 2.11. The Balaban J connectivity index is 1.45. The van der Waals surface area contributed by atoms with Gasteiger partial charge in [0.15, 0.2) is 6.73 Å². The first-order valence-corrected chi connectivity index (χ1v) is 10.4. The van der Waals surface area contributed by atoms with Gasteiger partial charge in [0.05, 0.1) is 10.2 Å². The standard InChI is InChI=1S/C21H26BrN5O2/c1-14-6-7-19(15(2)12-14)29-13-26-11-8-18(25-26)21(28)23-9-5-10-27-17(4)20(22)16(3)24-27/h6-8,11-12H,5,9-10,13H2,1-4H3,(H,23,28). The molecule has 0 aliphatic rings. The summed E-state index contributed by atoms with van der Waals surface area (Å²) in [6.45, 7) is 9.60. The molecule has 0 saturated heterocycles. The number of halogens is 1. The van der Waals surface area contributed by atoms with Crippen molar-refractivity contribution in [2.45, 2.75) is 47.4 Å². The SMILES string of the molecule is Cc1ccc(OCn2ccc(C(=O)NCCCn3nc(C)c(Br)c3C)n2)c(C)c1. The summed E-state index contributed by atoms with van der Waals surface area (Å²) in [6.07, 6.45) is 2.53. The summed E-state index contributed by atoms with van der Waals surface area (Å²) in [4.78, 5) is 12.3. The fourth-order valence-electron chi connectivity index (χ4n) is 3.07. The molecule has 0 unspecified atom stereocenters. The van der Waals surface area contributed by atoms with E-state index in [0.717, 1.165) is 40.1 Å². The van der Waals surface area contributed by atoms with Gasteiger partial charge >= 0.3 is 0 Å². The first-order valence-electron chi connectivity index (χ1n) is 9.56. The molecule has 1 aromatic carbocycles. The predicted molar refractivity (Wildman–Crippen MR) is 115 cm³/mol. The lowest BCUT2D eigenvalue weighted by atomic mass is 10.1. The number of amides is 1. The lowest BCUT2D eigenvalue weighted by molar-refractivity contribution is 0.0945. The van der Waals surface area contributed by atoms with Gasteiger partial charge in [-0.1, -0.05) is 17.7 Å². The second-order valence-electron chi connectivity index (χ2n) is 7.10. The zero-order valence-electron chi connectivity index (χ0n) is 17.2. The minimum atomic E-state index is -0.190. The third-order valence-corrected chi connectivity index (χ3v) is 5.83. The minimum Gasteiger partial charge on any atom is -0.471 e. The number of nitrogens with one attached hydrogen (secondary N) is 1. The Morgan fingerprint density at radius 1 is 1.17 bits per heavy atom. The monoisotopic (exact) mass is 459 g/mol. The molecular weight excluding hydrogens is 434 g/mol. The number of benzene rings is 1. The Kier molecular flexibility index (Phi) is 6.74. The van der Waals surface area contributed by atoms with Crippen LogP contribution in [-0.4, -0.2) is 32.0 Å². The van der Waals surface area contributed by atoms with Gasteiger partial charge in [-0.25, -0.2) is 4.68 Å². The summed E-state index contributed by atoms with van der Waals surface area (Å²) in [6, 6.07) is 7.72. The van der Waals surface area contributed by atoms with Gasteiger partial charge in [-0.2, -0.15) is 10.2 Å². The molecule has 0 radical (unpaired) electrons. The minimum absolute atomic E-state index is 0.190. The molecule has 3 rings (SSSR count). The number of carbonyl (C=O) groups excluding carboxylic acids is 1. The van der Waals surface area contributed by atoms with Gasteiger partial charge in [-0.3, -0.25) is 9.48 Å². The molecular formula is C21H26BrN5O2. The van der Waals surface area contributed by atoms with E-state index in [1.165, 1.54) is 5.56 Å². The van der Waals surface area contributed by atoms with Crippen LogP contribution in [0.1, 0.15) is 39.4 Å². The second-order valence-corrected chi connectivity index (χ2v) is 7.89. The number of hydrogen-bond donors (Lipinski definition) is 1. The number of ether oxygens (including phenoxy) is 1. The van der Waals surface area contributed by atoms with Crippen molar-refractivity contribution in [3.05, 3.63) is 63.1 Å². The van der Waals surface area contributed by atoms with E-state index in [4.69, 9.17) is 4.74 Å². The molecule has 0 aliphatic carbocycles. The van der Waals surface area contributed by atoms with Crippen molar-refractivity contribution in [1.29, 1.82) is 0 Å². The van der Waals surface area contributed by atoms with Crippen LogP contribution in [0.25, 0.3) is 0 Å². The molecule has 154 valence electrons. The van der Waals surface area contributed by atoms with Crippen LogP contribution in [0.5, 0.6) is 5.75 Å². The van der Waals surface area contributed by atoms with Crippen molar-refractivity contribution in [2.75, 3.05) is 6.54 Å². The van der Waals surface area contributed by atoms with Crippen LogP contribution < -0.4 is 10.1 Å². The molecule has 0 atom stereocenters. The maximum atomic E-state index is 12.3. The molecule has 1 N–H and O–H groups in total. The molecule has 7 nitrogen and oxygen atoms in total. The van der Waals surface area contributed by atoms with Gasteiger partial charge in [0, 0.05) is 25.0 Å². The van der Waals surface area contributed by atoms with Crippen LogP contribution in [0, 0.1) is 27.7 Å². The van der Waals surface area contributed by atoms with Crippen LogP contribution in [0.2, 0.25) is 0 Å². The third kappa shape index (κ3) is 5.26. The van der Waals surface area contributed by atoms with E-state index in [1.54, 1.807) is 16.9 Å². The number of carbonyl (C=O) groups is 1. The first kappa shape index (κ1) is 21.1. The molecule has 0 bridgehead atoms. The Hall–Kier alpha value is -2.61. The molecule has 2 aromatic heterocycles. The lowest BCUT2D eigenvalue weighted by Crippen LogP contribution is -2.26. The quantitative estimate of drug-likeness (QED) is 0.517. The average Bonchev–Trinajstić information content (AvgIpc) is 3.25. The highest BCUT2D eigenvalue weighted by molar-refractivity contribution is 9.10. The molecule has 1 amide bonds. The summed E-state index contributed by atoms with van der Waals surface area (Å²) >= 11 is 3.53. The van der Waals surface area contributed by atoms with Crippen LogP contribution >= 0.6 is 15.9 Å². The summed E-state index contributed by atoms with van der Waals surface area (Å²) < 4.78 is 10.4. The molecule has 0 saturated carbocycles. The fraction of sp³-hybridized carbons (Fsp3) is 0.381. The maximum absolute atomic E-state index is 12.3. The molecule has 3 aromatic rings. The van der Waals surface area contributed by atoms with Crippen molar-refractivity contribution >= 4 is 21.8 Å². The van der Waals surface area contributed by atoms with Gasteiger partial charge in [0.1, 0.15) is 11.4 Å². The van der Waals surface area contributed by atoms with Crippen molar-refractivity contribution in [3.63, 3.8) is 0 Å². The first-order chi connectivity index (χ1) is 13.8. The van der Waals surface area contributed by atoms with Crippen LogP contribution in [0.4, 0.5) is 0 Å². The summed E-state index contributed by atoms with van der Waals surface area (Å²) in [5.41, 5.74) is 4.71. The number of aromatic nitrogens is 4. The van der Waals surface area contributed by atoms with Gasteiger partial charge in [-0.05, 0) is 67.7 Å². The van der Waals surface area contributed by atoms with E-state index in [2.05, 4.69) is 37.5 Å². The normalized spacial score (nSPS) is 10.9. The summed E-state index contributed by atoms with van der Waals surface area (Å²) in [7, 11) is 0. The number of nitrogens with zero attached hydrogens (tertiary/aromatic N) is 4. The third-order valence-electron chi connectivity index (χ3n) is 4.68. The van der Waals surface area contributed by atoms with Crippen molar-refractivity contribution in [2.24, 2.45) is 0 Å². The zero-order chi connectivity index (χ0) is 21.0. The maximum Gasteiger partial charge on any atom is 0.271 e. The number of aryl methyl sites for hydroxylation is 4. The van der Waals surface area contributed by atoms with Crippen molar-refractivity contribution < 1.29 is 9.53 Å². The topological polar surface area (TPSA) is 74.0 Å². The highest BCUT2D eigenvalue weighted by atomic mass is 79.9. The molecule has 0 fully saturated rings. The molecule has 2 heterocycles. The van der Waals surface area contributed by atoms with E-state index in [-0.39, 0.29) is 12.6 Å². The number of rotatable bonds is 8. The summed E-state index contributed by atoms with van der Waals surface area (Å²) in [5, 5.41) is 11.7. The van der Waals surface area contributed by atoms with E-state index in [9.17, 15) is 4.79 Å². The molecule has 8 heteroatoms. The fourth-order valence-corrected chi connectivity index (χ4v) is 3.35. The van der Waals surface area contributed by atoms with Crippen molar-refractivity contribution in [1.82, 2.24) is 24.9 Å². The number of hydrogen-bond acceptors (Lipinski definition) is 4. The lowest BCUT2D eigenvalue weighted by Gasteiger charge is -2.09. The Morgan fingerprint density at radius 3 is 2.66 bits per heavy atom. The van der Waals surface area contributed by atoms with Crippen LogP contribution in [0.15, 0.2) is 34.9 Å². The van der Waals surface area contributed by atoms with Crippen LogP contribution in [-0.2, 0) is 13.3 Å². The highest BCUT2D eigenvalue weighted by Crippen LogP contribution is 2.20. The summed E-state index contributed by atoms with van der Waals surface area (Å²) in [5.74, 6) is 0.623. The Morgan fingerprint density at radius 2 is 1.97 bits per heavy atom. The second kappa shape index (κ2) is 9.26. The van der Waals surface area contributed by atoms with E-state index in [0.29, 0.717) is 12.2 Å². The van der Waals surface area contributed by atoms with Gasteiger partial charge in [-0.15, -0.1) is 0 Å². The zero-order valence-corrected chi connectivity index (χ0v) is 18.8. The van der Waals surface area contributed by atoms with Crippen molar-refractivity contribution in [3.8, 4) is 5.75 Å². The average molecular weight is 460 g/mol. The smallest absolute Gasteiger partial charge is 0.271 e. The van der Waals surface area contributed by atoms with E-state index in [1.807, 2.05) is 44.5 Å². The van der Waals surface area contributed by atoms with Gasteiger partial charge < -0.3 is 10.1 Å². The molecule has 29 heavy (non-hydrogen) atoms. The van der Waals surface area contributed by atoms with Crippen LogP contribution in [0.3, 0.4) is 0 Å². The van der Waals surface area contributed by atoms with Gasteiger partial charge in [0.25, 0.3) is 5.91 Å². The van der Waals surface area contributed by atoms with E-state index >= 15 is 0 Å². The Bertz CT molecular complexity index is 1010. The molecule has 0 spiro atoms.